The van der Waals surface area contributed by atoms with Crippen molar-refractivity contribution in [1.82, 2.24) is 15.2 Å². The Morgan fingerprint density at radius 2 is 2.00 bits per heavy atom. The number of fused-ring (bicyclic) bond motifs is 1. The highest BCUT2D eigenvalue weighted by Gasteiger charge is 2.31. The second kappa shape index (κ2) is 13.4. The van der Waals surface area contributed by atoms with Crippen molar-refractivity contribution in [2.75, 3.05) is 19.6 Å². The molecule has 2 aliphatic carbocycles. The molecule has 1 fully saturated rings. The first-order chi connectivity index (χ1) is 17.7. The monoisotopic (exact) mass is 481 g/mol. The molecule has 0 saturated carbocycles. The van der Waals surface area contributed by atoms with Crippen LogP contribution in [-0.4, -0.2) is 35.6 Å². The quantitative estimate of drug-likeness (QED) is 0.336. The van der Waals surface area contributed by atoms with Gasteiger partial charge in [0.1, 0.15) is 0 Å². The summed E-state index contributed by atoms with van der Waals surface area (Å²) in [7, 11) is 0. The van der Waals surface area contributed by atoms with Gasteiger partial charge >= 0.3 is 0 Å². The molecule has 1 aromatic carbocycles. The summed E-state index contributed by atoms with van der Waals surface area (Å²) in [5.41, 5.74) is 8.81. The molecule has 1 aliphatic heterocycles. The molecule has 2 heterocycles. The number of nitrogens with one attached hydrogen (secondary N) is 1. The Balaban J connectivity index is 0.000000967. The summed E-state index contributed by atoms with van der Waals surface area (Å²) in [5.74, 6) is 0.305. The topological polar surface area (TPSA) is 28.2 Å². The van der Waals surface area contributed by atoms with E-state index < -0.39 is 0 Å². The van der Waals surface area contributed by atoms with Crippen LogP contribution in [0.25, 0.3) is 0 Å². The Hall–Kier alpha value is -2.91. The number of allylic oxidation sites excluding steroid dienone is 5. The lowest BCUT2D eigenvalue weighted by molar-refractivity contribution is 0.229. The SMILES string of the molecule is C=C(C1C2=C(CCC=C2)CCc2ccccc21)N1CCN[C@@H](CCCCc2cccnc2)C1.C=CC. The molecule has 2 aromatic rings. The van der Waals surface area contributed by atoms with Gasteiger partial charge in [0.05, 0.1) is 0 Å². The van der Waals surface area contributed by atoms with Gasteiger partial charge in [0.2, 0.25) is 0 Å². The molecule has 3 aliphatic rings. The van der Waals surface area contributed by atoms with Gasteiger partial charge in [0.25, 0.3) is 0 Å². The van der Waals surface area contributed by atoms with Crippen molar-refractivity contribution in [3.05, 3.63) is 114 Å². The fourth-order valence-corrected chi connectivity index (χ4v) is 5.88. The van der Waals surface area contributed by atoms with Gasteiger partial charge in [-0.25, -0.2) is 0 Å². The first kappa shape index (κ1) is 26.2. The molecule has 0 bridgehead atoms. The highest BCUT2D eigenvalue weighted by atomic mass is 15.2. The van der Waals surface area contributed by atoms with Crippen LogP contribution >= 0.6 is 0 Å². The number of unbranched alkanes of at least 4 members (excludes halogenated alkanes) is 1. The fourth-order valence-electron chi connectivity index (χ4n) is 5.88. The molecule has 3 nitrogen and oxygen atoms in total. The maximum absolute atomic E-state index is 4.73. The van der Waals surface area contributed by atoms with Crippen LogP contribution in [0.5, 0.6) is 0 Å². The van der Waals surface area contributed by atoms with Gasteiger partial charge in [-0.2, -0.15) is 0 Å². The first-order valence-corrected chi connectivity index (χ1v) is 13.8. The molecule has 2 atom stereocenters. The molecule has 0 spiro atoms. The minimum absolute atomic E-state index is 0.305. The lowest BCUT2D eigenvalue weighted by Gasteiger charge is -2.40. The average molecular weight is 482 g/mol. The van der Waals surface area contributed by atoms with E-state index in [-0.39, 0.29) is 0 Å². The maximum atomic E-state index is 4.73. The van der Waals surface area contributed by atoms with Gasteiger partial charge in [0, 0.05) is 49.7 Å². The third-order valence-electron chi connectivity index (χ3n) is 7.68. The van der Waals surface area contributed by atoms with E-state index in [1.54, 1.807) is 11.6 Å². The van der Waals surface area contributed by atoms with Crippen molar-refractivity contribution in [3.63, 3.8) is 0 Å². The summed E-state index contributed by atoms with van der Waals surface area (Å²) >= 11 is 0. The van der Waals surface area contributed by atoms with Crippen molar-refractivity contribution >= 4 is 0 Å². The van der Waals surface area contributed by atoms with Crippen molar-refractivity contribution in [2.45, 2.75) is 70.3 Å². The standard InChI is InChI=1S/C30H37N3.C3H6/c1-23(30-28-14-6-3-11-25(28)16-17-26-12-4-7-15-29(26)30)33-20-19-32-27(22-33)13-5-2-9-24-10-8-18-31-21-24;1-3-2/h3,6-8,10-11,14-15,18,21,27,30,32H,1-2,4-5,9,12-13,16-17,19-20,22H2;3H,1H2,2H3/t27-,30?;/m0./s1. The van der Waals surface area contributed by atoms with Gasteiger partial charge in [-0.3, -0.25) is 4.98 Å². The summed E-state index contributed by atoms with van der Waals surface area (Å²) in [6.07, 6.45) is 20.0. The van der Waals surface area contributed by atoms with E-state index in [1.165, 1.54) is 66.5 Å². The van der Waals surface area contributed by atoms with E-state index in [4.69, 9.17) is 6.58 Å². The van der Waals surface area contributed by atoms with E-state index >= 15 is 0 Å². The molecule has 0 amide bonds. The maximum Gasteiger partial charge on any atom is 0.0485 e. The van der Waals surface area contributed by atoms with Crippen molar-refractivity contribution in [3.8, 4) is 0 Å². The van der Waals surface area contributed by atoms with Crippen LogP contribution in [0.2, 0.25) is 0 Å². The number of pyridine rings is 1. The van der Waals surface area contributed by atoms with Gasteiger partial charge < -0.3 is 10.2 Å². The summed E-state index contributed by atoms with van der Waals surface area (Å²) in [6, 6.07) is 13.9. The molecular weight excluding hydrogens is 438 g/mol. The Labute approximate surface area is 218 Å². The lowest BCUT2D eigenvalue weighted by Crippen LogP contribution is -2.50. The number of aryl methyl sites for hydroxylation is 2. The van der Waals surface area contributed by atoms with E-state index in [0.29, 0.717) is 12.0 Å². The number of piperazine rings is 1. The molecule has 190 valence electrons. The normalized spacial score (nSPS) is 21.0. The predicted octanol–water partition coefficient (Wildman–Crippen LogP) is 7.15. The van der Waals surface area contributed by atoms with Crippen LogP contribution in [0.3, 0.4) is 0 Å². The number of aromatic nitrogens is 1. The molecule has 0 radical (unpaired) electrons. The van der Waals surface area contributed by atoms with Crippen LogP contribution in [-0.2, 0) is 12.8 Å². The van der Waals surface area contributed by atoms with Crippen LogP contribution in [0.4, 0.5) is 0 Å². The molecule has 36 heavy (non-hydrogen) atoms. The molecule has 1 aromatic heterocycles. The molecule has 1 unspecified atom stereocenters. The second-order valence-corrected chi connectivity index (χ2v) is 10.2. The molecular formula is C33H43N3. The minimum atomic E-state index is 0.305. The largest absolute Gasteiger partial charge is 0.372 e. The summed E-state index contributed by atoms with van der Waals surface area (Å²) in [6.45, 7) is 13.1. The number of nitrogens with zero attached hydrogens (tertiary/aromatic N) is 2. The molecule has 5 rings (SSSR count). The van der Waals surface area contributed by atoms with Gasteiger partial charge in [0.15, 0.2) is 0 Å². The van der Waals surface area contributed by atoms with Crippen molar-refractivity contribution in [1.29, 1.82) is 0 Å². The summed E-state index contributed by atoms with van der Waals surface area (Å²) in [4.78, 5) is 6.83. The van der Waals surface area contributed by atoms with Gasteiger partial charge in [-0.15, -0.1) is 6.58 Å². The number of hydrogen-bond acceptors (Lipinski definition) is 3. The van der Waals surface area contributed by atoms with Crippen molar-refractivity contribution < 1.29 is 0 Å². The van der Waals surface area contributed by atoms with E-state index in [0.717, 1.165) is 32.5 Å². The fraction of sp³-hybridized carbons (Fsp3) is 0.424. The number of benzene rings is 1. The predicted molar refractivity (Wildman–Crippen MR) is 153 cm³/mol. The minimum Gasteiger partial charge on any atom is -0.372 e. The number of hydrogen-bond donors (Lipinski definition) is 1. The highest BCUT2D eigenvalue weighted by molar-refractivity contribution is 5.51. The Morgan fingerprint density at radius 1 is 1.14 bits per heavy atom. The van der Waals surface area contributed by atoms with Crippen LogP contribution in [0, 0.1) is 0 Å². The Morgan fingerprint density at radius 3 is 2.83 bits per heavy atom. The lowest BCUT2D eigenvalue weighted by atomic mass is 9.82. The highest BCUT2D eigenvalue weighted by Crippen LogP contribution is 2.43. The second-order valence-electron chi connectivity index (χ2n) is 10.2. The smallest absolute Gasteiger partial charge is 0.0485 e. The molecule has 1 saturated heterocycles. The van der Waals surface area contributed by atoms with E-state index in [9.17, 15) is 0 Å². The third kappa shape index (κ3) is 6.64. The molecule has 1 N–H and O–H groups in total. The zero-order valence-corrected chi connectivity index (χ0v) is 22.1. The third-order valence-corrected chi connectivity index (χ3v) is 7.68. The van der Waals surface area contributed by atoms with E-state index in [1.807, 2.05) is 25.4 Å². The number of rotatable bonds is 7. The summed E-state index contributed by atoms with van der Waals surface area (Å²) in [5, 5.41) is 3.77. The van der Waals surface area contributed by atoms with Crippen LogP contribution < -0.4 is 5.32 Å². The van der Waals surface area contributed by atoms with E-state index in [2.05, 4.69) is 64.3 Å². The van der Waals surface area contributed by atoms with Gasteiger partial charge in [-0.05, 0) is 80.2 Å². The van der Waals surface area contributed by atoms with Crippen LogP contribution in [0.1, 0.15) is 68.1 Å². The molecule has 3 heteroatoms. The Kier molecular flexibility index (Phi) is 9.75. The zero-order chi connectivity index (χ0) is 25.2. The average Bonchev–Trinajstić information content (AvgIpc) is 3.09. The Bertz CT molecular complexity index is 1070. The van der Waals surface area contributed by atoms with Gasteiger partial charge in [-0.1, -0.05) is 67.1 Å². The van der Waals surface area contributed by atoms with Crippen molar-refractivity contribution in [2.24, 2.45) is 0 Å². The van der Waals surface area contributed by atoms with Crippen LogP contribution in [0.15, 0.2) is 97.0 Å². The zero-order valence-electron chi connectivity index (χ0n) is 22.1. The first-order valence-electron chi connectivity index (χ1n) is 13.8. The summed E-state index contributed by atoms with van der Waals surface area (Å²) < 4.78 is 0.